The fourth-order valence-electron chi connectivity index (χ4n) is 2.60. The minimum absolute atomic E-state index is 0.0458. The van der Waals surface area contributed by atoms with Gasteiger partial charge in [0.2, 0.25) is 0 Å². The standard InChI is InChI=1S/C15H21BrN2O/c16-11-8-9-13(14(17)10-11)15(19)18-12-6-4-2-1-3-5-7-12/h8-10,12H,1-7,17H2,(H,18,19). The van der Waals surface area contributed by atoms with Gasteiger partial charge in [-0.25, -0.2) is 0 Å². The Morgan fingerprint density at radius 3 is 2.42 bits per heavy atom. The summed E-state index contributed by atoms with van der Waals surface area (Å²) >= 11 is 3.35. The van der Waals surface area contributed by atoms with Gasteiger partial charge < -0.3 is 11.1 Å². The van der Waals surface area contributed by atoms with Crippen molar-refractivity contribution < 1.29 is 4.79 Å². The summed E-state index contributed by atoms with van der Waals surface area (Å²) in [6, 6.07) is 5.70. The molecule has 0 atom stereocenters. The Hall–Kier alpha value is -1.03. The second-order valence-corrected chi connectivity index (χ2v) is 6.16. The number of carbonyl (C=O) groups is 1. The van der Waals surface area contributed by atoms with Crippen molar-refractivity contribution in [3.05, 3.63) is 28.2 Å². The lowest BCUT2D eigenvalue weighted by atomic mass is 9.96. The van der Waals surface area contributed by atoms with Crippen LogP contribution in [0.3, 0.4) is 0 Å². The number of hydrogen-bond acceptors (Lipinski definition) is 2. The Balaban J connectivity index is 1.99. The van der Waals surface area contributed by atoms with E-state index in [2.05, 4.69) is 21.2 Å². The summed E-state index contributed by atoms with van der Waals surface area (Å²) in [7, 11) is 0. The first-order chi connectivity index (χ1) is 9.16. The summed E-state index contributed by atoms with van der Waals surface area (Å²) in [5.74, 6) is -0.0458. The molecule has 1 amide bonds. The topological polar surface area (TPSA) is 55.1 Å². The Bertz CT molecular complexity index is 440. The van der Waals surface area contributed by atoms with Crippen LogP contribution in [0.25, 0.3) is 0 Å². The number of nitrogens with two attached hydrogens (primary N) is 1. The highest BCUT2D eigenvalue weighted by Crippen LogP contribution is 2.20. The minimum atomic E-state index is -0.0458. The Morgan fingerprint density at radius 1 is 1.16 bits per heavy atom. The molecule has 3 nitrogen and oxygen atoms in total. The molecule has 1 aromatic rings. The van der Waals surface area contributed by atoms with Crippen molar-refractivity contribution in [3.8, 4) is 0 Å². The van der Waals surface area contributed by atoms with Crippen LogP contribution in [0, 0.1) is 0 Å². The molecule has 3 N–H and O–H groups in total. The second kappa shape index (κ2) is 6.94. The Morgan fingerprint density at radius 2 is 1.79 bits per heavy atom. The largest absolute Gasteiger partial charge is 0.398 e. The van der Waals surface area contributed by atoms with Gasteiger partial charge in [0.1, 0.15) is 0 Å². The van der Waals surface area contributed by atoms with Gasteiger partial charge in [-0.1, -0.05) is 48.0 Å². The van der Waals surface area contributed by atoms with E-state index >= 15 is 0 Å². The Labute approximate surface area is 123 Å². The number of hydrogen-bond donors (Lipinski definition) is 2. The monoisotopic (exact) mass is 324 g/mol. The van der Waals surface area contributed by atoms with Crippen molar-refractivity contribution in [3.63, 3.8) is 0 Å². The van der Waals surface area contributed by atoms with E-state index < -0.39 is 0 Å². The van der Waals surface area contributed by atoms with Crippen molar-refractivity contribution in [2.45, 2.75) is 51.0 Å². The highest BCUT2D eigenvalue weighted by molar-refractivity contribution is 9.10. The lowest BCUT2D eigenvalue weighted by Crippen LogP contribution is -2.35. The quantitative estimate of drug-likeness (QED) is 0.811. The average molecular weight is 325 g/mol. The SMILES string of the molecule is Nc1cc(Br)ccc1C(=O)NC1CCCCCCC1. The van der Waals surface area contributed by atoms with Crippen molar-refractivity contribution in [1.29, 1.82) is 0 Å². The molecule has 0 radical (unpaired) electrons. The molecule has 1 aliphatic carbocycles. The third kappa shape index (κ3) is 4.23. The van der Waals surface area contributed by atoms with Gasteiger partial charge in [-0.05, 0) is 31.0 Å². The number of rotatable bonds is 2. The molecule has 0 unspecified atom stereocenters. The lowest BCUT2D eigenvalue weighted by molar-refractivity contribution is 0.0931. The molecule has 0 heterocycles. The summed E-state index contributed by atoms with van der Waals surface area (Å²) in [5, 5.41) is 3.13. The van der Waals surface area contributed by atoms with Crippen molar-refractivity contribution >= 4 is 27.5 Å². The molecule has 1 saturated carbocycles. The molecule has 0 saturated heterocycles. The number of amides is 1. The molecule has 0 bridgehead atoms. The van der Waals surface area contributed by atoms with E-state index in [1.54, 1.807) is 12.1 Å². The average Bonchev–Trinajstić information content (AvgIpc) is 2.32. The number of nitrogens with one attached hydrogen (secondary N) is 1. The van der Waals surface area contributed by atoms with Crippen molar-refractivity contribution in [2.24, 2.45) is 0 Å². The van der Waals surface area contributed by atoms with Gasteiger partial charge in [-0.2, -0.15) is 0 Å². The van der Waals surface area contributed by atoms with Crippen LogP contribution in [0.1, 0.15) is 55.3 Å². The fraction of sp³-hybridized carbons (Fsp3) is 0.533. The van der Waals surface area contributed by atoms with Gasteiger partial charge in [0.05, 0.1) is 5.56 Å². The zero-order valence-corrected chi connectivity index (χ0v) is 12.7. The van der Waals surface area contributed by atoms with E-state index in [9.17, 15) is 4.79 Å². The molecule has 1 fully saturated rings. The smallest absolute Gasteiger partial charge is 0.253 e. The zero-order valence-electron chi connectivity index (χ0n) is 11.1. The maximum atomic E-state index is 12.2. The van der Waals surface area contributed by atoms with Crippen LogP contribution in [-0.4, -0.2) is 11.9 Å². The highest BCUT2D eigenvalue weighted by Gasteiger charge is 2.16. The maximum absolute atomic E-state index is 12.2. The van der Waals surface area contributed by atoms with Gasteiger partial charge in [0.25, 0.3) is 5.91 Å². The zero-order chi connectivity index (χ0) is 13.7. The van der Waals surface area contributed by atoms with Gasteiger partial charge >= 0.3 is 0 Å². The van der Waals surface area contributed by atoms with Gasteiger partial charge in [-0.3, -0.25) is 4.79 Å². The molecule has 1 aliphatic rings. The first-order valence-electron chi connectivity index (χ1n) is 7.02. The summed E-state index contributed by atoms with van der Waals surface area (Å²) < 4.78 is 0.896. The number of benzene rings is 1. The summed E-state index contributed by atoms with van der Waals surface area (Å²) in [5.41, 5.74) is 6.99. The molecule has 19 heavy (non-hydrogen) atoms. The summed E-state index contributed by atoms with van der Waals surface area (Å²) in [4.78, 5) is 12.2. The normalized spacial score (nSPS) is 17.5. The van der Waals surface area contributed by atoms with Crippen LogP contribution in [-0.2, 0) is 0 Å². The van der Waals surface area contributed by atoms with Crippen LogP contribution in [0.4, 0.5) is 5.69 Å². The fourth-order valence-corrected chi connectivity index (χ4v) is 2.98. The van der Waals surface area contributed by atoms with E-state index in [0.717, 1.165) is 17.3 Å². The predicted molar refractivity (Wildman–Crippen MR) is 82.1 cm³/mol. The van der Waals surface area contributed by atoms with Crippen LogP contribution in [0.2, 0.25) is 0 Å². The lowest BCUT2D eigenvalue weighted by Gasteiger charge is -2.21. The first kappa shape index (κ1) is 14.4. The third-order valence-electron chi connectivity index (χ3n) is 3.70. The van der Waals surface area contributed by atoms with E-state index in [-0.39, 0.29) is 5.91 Å². The van der Waals surface area contributed by atoms with Crippen LogP contribution < -0.4 is 11.1 Å². The molecule has 1 aromatic carbocycles. The molecule has 2 rings (SSSR count). The minimum Gasteiger partial charge on any atom is -0.398 e. The molecule has 4 heteroatoms. The van der Waals surface area contributed by atoms with E-state index in [0.29, 0.717) is 17.3 Å². The van der Waals surface area contributed by atoms with Crippen molar-refractivity contribution in [1.82, 2.24) is 5.32 Å². The van der Waals surface area contributed by atoms with Crippen LogP contribution >= 0.6 is 15.9 Å². The third-order valence-corrected chi connectivity index (χ3v) is 4.19. The molecular weight excluding hydrogens is 304 g/mol. The van der Waals surface area contributed by atoms with Gasteiger partial charge in [0, 0.05) is 16.2 Å². The molecule has 0 aromatic heterocycles. The Kier molecular flexibility index (Phi) is 5.25. The number of halogens is 1. The highest BCUT2D eigenvalue weighted by atomic mass is 79.9. The van der Waals surface area contributed by atoms with E-state index in [4.69, 9.17) is 5.73 Å². The molecule has 104 valence electrons. The molecule has 0 aliphatic heterocycles. The first-order valence-corrected chi connectivity index (χ1v) is 7.82. The number of anilines is 1. The number of nitrogen functional groups attached to an aromatic ring is 1. The van der Waals surface area contributed by atoms with E-state index in [1.807, 2.05) is 6.07 Å². The van der Waals surface area contributed by atoms with Gasteiger partial charge in [-0.15, -0.1) is 0 Å². The predicted octanol–water partition coefficient (Wildman–Crippen LogP) is 3.87. The second-order valence-electron chi connectivity index (χ2n) is 5.25. The van der Waals surface area contributed by atoms with Crippen LogP contribution in [0.5, 0.6) is 0 Å². The number of carbonyl (C=O) groups excluding carboxylic acids is 1. The molecule has 0 spiro atoms. The molecular formula is C15H21BrN2O. The van der Waals surface area contributed by atoms with Crippen LogP contribution in [0.15, 0.2) is 22.7 Å². The van der Waals surface area contributed by atoms with E-state index in [1.165, 1.54) is 32.1 Å². The summed E-state index contributed by atoms with van der Waals surface area (Å²) in [6.07, 6.45) is 8.49. The van der Waals surface area contributed by atoms with Gasteiger partial charge in [0.15, 0.2) is 0 Å². The maximum Gasteiger partial charge on any atom is 0.253 e. The summed E-state index contributed by atoms with van der Waals surface area (Å²) in [6.45, 7) is 0. The van der Waals surface area contributed by atoms with Crippen molar-refractivity contribution in [2.75, 3.05) is 5.73 Å².